The van der Waals surface area contributed by atoms with E-state index in [1.54, 1.807) is 19.1 Å². The van der Waals surface area contributed by atoms with Gasteiger partial charge >= 0.3 is 5.97 Å². The molecule has 0 N–H and O–H groups in total. The molecule has 0 fully saturated rings. The predicted octanol–water partition coefficient (Wildman–Crippen LogP) is 5.26. The van der Waals surface area contributed by atoms with Crippen molar-refractivity contribution in [1.82, 2.24) is 10.2 Å². The maximum absolute atomic E-state index is 13.7. The highest BCUT2D eigenvalue weighted by atomic mass is 79.9. The number of carbonyl (C=O) groups is 1. The SMILES string of the molecule is Cc1cccc(-c2nnc(C(C)OC(=O)/C=C/c3cc(Br)ccc3F)o2)c1. The molecule has 1 heterocycles. The second-order valence-corrected chi connectivity index (χ2v) is 6.81. The summed E-state index contributed by atoms with van der Waals surface area (Å²) < 4.78 is 25.2. The number of nitrogens with zero attached hydrogens (tertiary/aromatic N) is 2. The highest BCUT2D eigenvalue weighted by Crippen LogP contribution is 2.23. The van der Waals surface area contributed by atoms with E-state index in [0.717, 1.165) is 17.2 Å². The third-order valence-corrected chi connectivity index (χ3v) is 4.20. The molecular formula is C20H16BrFN2O3. The molecule has 0 amide bonds. The number of esters is 1. The second-order valence-electron chi connectivity index (χ2n) is 5.89. The smallest absolute Gasteiger partial charge is 0.331 e. The number of carbonyl (C=O) groups excluding carboxylic acids is 1. The zero-order valence-corrected chi connectivity index (χ0v) is 16.2. The second kappa shape index (κ2) is 8.26. The van der Waals surface area contributed by atoms with E-state index in [0.29, 0.717) is 10.4 Å². The highest BCUT2D eigenvalue weighted by Gasteiger charge is 2.18. The molecule has 138 valence electrons. The van der Waals surface area contributed by atoms with Crippen LogP contribution in [-0.2, 0) is 9.53 Å². The number of rotatable bonds is 5. The predicted molar refractivity (Wildman–Crippen MR) is 102 cm³/mol. The van der Waals surface area contributed by atoms with E-state index in [9.17, 15) is 9.18 Å². The van der Waals surface area contributed by atoms with Crippen LogP contribution in [0.15, 0.2) is 57.4 Å². The molecule has 0 radical (unpaired) electrons. The number of halogens is 2. The van der Waals surface area contributed by atoms with Crippen LogP contribution in [0.5, 0.6) is 0 Å². The molecule has 3 aromatic rings. The highest BCUT2D eigenvalue weighted by molar-refractivity contribution is 9.10. The fourth-order valence-corrected chi connectivity index (χ4v) is 2.74. The fourth-order valence-electron chi connectivity index (χ4n) is 2.36. The average molecular weight is 431 g/mol. The minimum atomic E-state index is -0.736. The Kier molecular flexibility index (Phi) is 5.81. The monoisotopic (exact) mass is 430 g/mol. The van der Waals surface area contributed by atoms with Crippen LogP contribution < -0.4 is 0 Å². The number of aryl methyl sites for hydroxylation is 1. The molecule has 7 heteroatoms. The van der Waals surface area contributed by atoms with Gasteiger partial charge in [0.1, 0.15) is 5.82 Å². The summed E-state index contributed by atoms with van der Waals surface area (Å²) in [5, 5.41) is 7.93. The Balaban J connectivity index is 1.66. The molecule has 0 aliphatic rings. The van der Waals surface area contributed by atoms with Gasteiger partial charge in [0.25, 0.3) is 5.89 Å². The molecule has 0 bridgehead atoms. The van der Waals surface area contributed by atoms with Gasteiger partial charge in [0.2, 0.25) is 5.89 Å². The van der Waals surface area contributed by atoms with Crippen LogP contribution in [0.2, 0.25) is 0 Å². The summed E-state index contributed by atoms with van der Waals surface area (Å²) in [6, 6.07) is 12.1. The van der Waals surface area contributed by atoms with Gasteiger partial charge < -0.3 is 9.15 Å². The van der Waals surface area contributed by atoms with Gasteiger partial charge in [-0.3, -0.25) is 0 Å². The van der Waals surface area contributed by atoms with Crippen LogP contribution in [-0.4, -0.2) is 16.2 Å². The Labute approximate surface area is 164 Å². The van der Waals surface area contributed by atoms with E-state index in [4.69, 9.17) is 9.15 Å². The van der Waals surface area contributed by atoms with Crippen molar-refractivity contribution in [2.45, 2.75) is 20.0 Å². The summed E-state index contributed by atoms with van der Waals surface area (Å²) in [6.45, 7) is 3.59. The first kappa shape index (κ1) is 19.0. The standard InChI is InChI=1S/C20H16BrFN2O3/c1-12-4-3-5-15(10-12)20-24-23-19(27-20)13(2)26-18(25)9-6-14-11-16(21)7-8-17(14)22/h3-11,13H,1-2H3/b9-6+. The molecule has 1 unspecified atom stereocenters. The minimum Gasteiger partial charge on any atom is -0.449 e. The Bertz CT molecular complexity index is 1000. The lowest BCUT2D eigenvalue weighted by Crippen LogP contribution is -2.06. The lowest BCUT2D eigenvalue weighted by atomic mass is 10.1. The van der Waals surface area contributed by atoms with E-state index in [2.05, 4.69) is 26.1 Å². The fraction of sp³-hybridized carbons (Fsp3) is 0.150. The van der Waals surface area contributed by atoms with Gasteiger partial charge in [-0.05, 0) is 50.3 Å². The van der Waals surface area contributed by atoms with Crippen LogP contribution in [0.3, 0.4) is 0 Å². The first-order valence-electron chi connectivity index (χ1n) is 8.16. The van der Waals surface area contributed by atoms with Crippen molar-refractivity contribution in [3.8, 4) is 11.5 Å². The first-order chi connectivity index (χ1) is 12.9. The summed E-state index contributed by atoms with van der Waals surface area (Å²) in [7, 11) is 0. The summed E-state index contributed by atoms with van der Waals surface area (Å²) in [5.41, 5.74) is 2.13. The molecule has 0 spiro atoms. The Morgan fingerprint density at radius 1 is 1.26 bits per heavy atom. The molecule has 27 heavy (non-hydrogen) atoms. The van der Waals surface area contributed by atoms with Gasteiger partial charge in [-0.1, -0.05) is 33.6 Å². The average Bonchev–Trinajstić information content (AvgIpc) is 3.13. The van der Waals surface area contributed by atoms with Crippen molar-refractivity contribution in [3.63, 3.8) is 0 Å². The van der Waals surface area contributed by atoms with Crippen LogP contribution in [0.25, 0.3) is 17.5 Å². The van der Waals surface area contributed by atoms with Gasteiger partial charge in [0.15, 0.2) is 6.10 Å². The van der Waals surface area contributed by atoms with Crippen molar-refractivity contribution in [2.24, 2.45) is 0 Å². The topological polar surface area (TPSA) is 65.2 Å². The molecule has 0 aliphatic heterocycles. The lowest BCUT2D eigenvalue weighted by Gasteiger charge is -2.07. The summed E-state index contributed by atoms with van der Waals surface area (Å²) >= 11 is 3.26. The summed E-state index contributed by atoms with van der Waals surface area (Å²) in [5.74, 6) is -0.544. The summed E-state index contributed by atoms with van der Waals surface area (Å²) in [6.07, 6.45) is 1.76. The number of hydrogen-bond donors (Lipinski definition) is 0. The van der Waals surface area contributed by atoms with E-state index < -0.39 is 17.9 Å². The molecule has 5 nitrogen and oxygen atoms in total. The van der Waals surface area contributed by atoms with Crippen molar-refractivity contribution in [1.29, 1.82) is 0 Å². The molecule has 1 aromatic heterocycles. The van der Waals surface area contributed by atoms with Gasteiger partial charge in [-0.15, -0.1) is 10.2 Å². The molecule has 0 saturated heterocycles. The molecule has 0 aliphatic carbocycles. The van der Waals surface area contributed by atoms with E-state index >= 15 is 0 Å². The van der Waals surface area contributed by atoms with Gasteiger partial charge in [-0.2, -0.15) is 0 Å². The largest absolute Gasteiger partial charge is 0.449 e. The van der Waals surface area contributed by atoms with E-state index in [1.807, 2.05) is 31.2 Å². The van der Waals surface area contributed by atoms with E-state index in [-0.39, 0.29) is 11.5 Å². The van der Waals surface area contributed by atoms with Crippen molar-refractivity contribution < 1.29 is 18.3 Å². The Morgan fingerprint density at radius 3 is 2.85 bits per heavy atom. The van der Waals surface area contributed by atoms with Gasteiger partial charge in [0.05, 0.1) is 0 Å². The van der Waals surface area contributed by atoms with E-state index in [1.165, 1.54) is 12.1 Å². The number of ether oxygens (including phenoxy) is 1. The third kappa shape index (κ3) is 4.89. The minimum absolute atomic E-state index is 0.182. The Morgan fingerprint density at radius 2 is 2.07 bits per heavy atom. The van der Waals surface area contributed by atoms with Crippen LogP contribution >= 0.6 is 15.9 Å². The molecule has 0 saturated carbocycles. The zero-order valence-electron chi connectivity index (χ0n) is 14.6. The number of benzene rings is 2. The molecular weight excluding hydrogens is 415 g/mol. The summed E-state index contributed by atoms with van der Waals surface area (Å²) in [4.78, 5) is 12.0. The van der Waals surface area contributed by atoms with Crippen LogP contribution in [0.1, 0.15) is 30.0 Å². The third-order valence-electron chi connectivity index (χ3n) is 3.70. The maximum Gasteiger partial charge on any atom is 0.331 e. The van der Waals surface area contributed by atoms with Crippen molar-refractivity contribution in [2.75, 3.05) is 0 Å². The van der Waals surface area contributed by atoms with Crippen LogP contribution in [0.4, 0.5) is 4.39 Å². The number of aromatic nitrogens is 2. The normalized spacial score (nSPS) is 12.3. The van der Waals surface area contributed by atoms with Gasteiger partial charge in [-0.25, -0.2) is 9.18 Å². The molecule has 3 rings (SSSR count). The quantitative estimate of drug-likeness (QED) is 0.407. The van der Waals surface area contributed by atoms with Gasteiger partial charge in [0, 0.05) is 21.7 Å². The molecule has 2 aromatic carbocycles. The Hall–Kier alpha value is -2.80. The number of hydrogen-bond acceptors (Lipinski definition) is 5. The lowest BCUT2D eigenvalue weighted by molar-refractivity contribution is -0.143. The van der Waals surface area contributed by atoms with Crippen LogP contribution in [0, 0.1) is 12.7 Å². The molecule has 1 atom stereocenters. The van der Waals surface area contributed by atoms with Crippen molar-refractivity contribution >= 4 is 28.0 Å². The van der Waals surface area contributed by atoms with Crippen molar-refractivity contribution in [3.05, 3.63) is 75.8 Å². The zero-order chi connectivity index (χ0) is 19.4. The first-order valence-corrected chi connectivity index (χ1v) is 8.96. The maximum atomic E-state index is 13.7.